The Labute approximate surface area is 135 Å². The number of para-hydroxylation sites is 2. The lowest BCUT2D eigenvalue weighted by atomic mass is 10.2. The molecule has 0 saturated heterocycles. The van der Waals surface area contributed by atoms with Crippen molar-refractivity contribution in [2.24, 2.45) is 0 Å². The van der Waals surface area contributed by atoms with E-state index in [9.17, 15) is 18.0 Å². The molecule has 0 radical (unpaired) electrons. The second kappa shape index (κ2) is 6.19. The molecule has 0 aliphatic heterocycles. The standard InChI is InChI=1S/C17H12F3N3O/c18-17(19,20)14-11-15(24)22-16(21-14)23(12-7-3-1-4-8-12)13-9-5-2-6-10-13/h1-11H,(H,21,22,24). The van der Waals surface area contributed by atoms with E-state index in [2.05, 4.69) is 9.97 Å². The van der Waals surface area contributed by atoms with E-state index in [4.69, 9.17) is 0 Å². The molecule has 0 aliphatic carbocycles. The summed E-state index contributed by atoms with van der Waals surface area (Å²) in [5, 5.41) is 0. The highest BCUT2D eigenvalue weighted by Crippen LogP contribution is 2.33. The van der Waals surface area contributed by atoms with Gasteiger partial charge >= 0.3 is 6.18 Å². The van der Waals surface area contributed by atoms with Gasteiger partial charge in [-0.15, -0.1) is 0 Å². The fourth-order valence-electron chi connectivity index (χ4n) is 2.24. The molecule has 3 rings (SSSR count). The Hall–Kier alpha value is -3.09. The van der Waals surface area contributed by atoms with E-state index in [0.717, 1.165) is 0 Å². The predicted molar refractivity (Wildman–Crippen MR) is 84.5 cm³/mol. The minimum absolute atomic E-state index is 0.202. The third kappa shape index (κ3) is 3.29. The number of benzene rings is 2. The van der Waals surface area contributed by atoms with Crippen LogP contribution >= 0.6 is 0 Å². The number of anilines is 3. The first kappa shape index (κ1) is 15.8. The molecule has 24 heavy (non-hydrogen) atoms. The van der Waals surface area contributed by atoms with E-state index < -0.39 is 17.4 Å². The third-order valence-corrected chi connectivity index (χ3v) is 3.26. The van der Waals surface area contributed by atoms with E-state index in [1.165, 1.54) is 4.90 Å². The summed E-state index contributed by atoms with van der Waals surface area (Å²) in [6, 6.07) is 17.9. The van der Waals surface area contributed by atoms with E-state index in [1.807, 2.05) is 0 Å². The summed E-state index contributed by atoms with van der Waals surface area (Å²) in [6.45, 7) is 0. The second-order valence-electron chi connectivity index (χ2n) is 4.96. The summed E-state index contributed by atoms with van der Waals surface area (Å²) in [6.07, 6.45) is -4.71. The van der Waals surface area contributed by atoms with Gasteiger partial charge in [0.25, 0.3) is 5.56 Å². The van der Waals surface area contributed by atoms with Crippen molar-refractivity contribution in [1.82, 2.24) is 9.97 Å². The lowest BCUT2D eigenvalue weighted by Crippen LogP contribution is -2.22. The van der Waals surface area contributed by atoms with Crippen LogP contribution in [0.15, 0.2) is 71.5 Å². The Morgan fingerprint density at radius 1 is 0.875 bits per heavy atom. The average Bonchev–Trinajstić information content (AvgIpc) is 2.56. The highest BCUT2D eigenvalue weighted by Gasteiger charge is 2.34. The molecule has 1 N–H and O–H groups in total. The van der Waals surface area contributed by atoms with Crippen molar-refractivity contribution in [3.8, 4) is 0 Å². The SMILES string of the molecule is O=c1cc(C(F)(F)F)nc(N(c2ccccc2)c2ccccc2)[nH]1. The Morgan fingerprint density at radius 3 is 1.83 bits per heavy atom. The van der Waals surface area contributed by atoms with Gasteiger partial charge in [-0.1, -0.05) is 36.4 Å². The van der Waals surface area contributed by atoms with Crippen LogP contribution in [0, 0.1) is 0 Å². The van der Waals surface area contributed by atoms with Gasteiger partial charge in [0.05, 0.1) is 0 Å². The lowest BCUT2D eigenvalue weighted by molar-refractivity contribution is -0.141. The van der Waals surface area contributed by atoms with Crippen LogP contribution in [0.4, 0.5) is 30.5 Å². The molecule has 122 valence electrons. The molecule has 4 nitrogen and oxygen atoms in total. The Kier molecular flexibility index (Phi) is 4.07. The minimum Gasteiger partial charge on any atom is -0.292 e. The van der Waals surface area contributed by atoms with Crippen LogP contribution in [0.1, 0.15) is 5.69 Å². The van der Waals surface area contributed by atoms with Gasteiger partial charge in [0.15, 0.2) is 5.69 Å². The number of nitrogens with zero attached hydrogens (tertiary/aromatic N) is 2. The fraction of sp³-hybridized carbons (Fsp3) is 0.0588. The largest absolute Gasteiger partial charge is 0.433 e. The van der Waals surface area contributed by atoms with Gasteiger partial charge < -0.3 is 0 Å². The summed E-state index contributed by atoms with van der Waals surface area (Å²) in [4.78, 5) is 19.1. The van der Waals surface area contributed by atoms with Gasteiger partial charge in [0.2, 0.25) is 5.95 Å². The van der Waals surface area contributed by atoms with Gasteiger partial charge in [-0.2, -0.15) is 13.2 Å². The molecule has 0 spiro atoms. The normalized spacial score (nSPS) is 11.3. The monoisotopic (exact) mass is 331 g/mol. The summed E-state index contributed by atoms with van der Waals surface area (Å²) < 4.78 is 38.9. The van der Waals surface area contributed by atoms with Crippen LogP contribution in [0.2, 0.25) is 0 Å². The summed E-state index contributed by atoms with van der Waals surface area (Å²) in [5.74, 6) is -0.202. The van der Waals surface area contributed by atoms with Crippen LogP contribution in [0.25, 0.3) is 0 Å². The Morgan fingerprint density at radius 2 is 1.38 bits per heavy atom. The molecule has 1 heterocycles. The molecule has 0 bridgehead atoms. The molecule has 0 aliphatic rings. The van der Waals surface area contributed by atoms with Crippen molar-refractivity contribution in [3.63, 3.8) is 0 Å². The molecule has 3 aromatic rings. The van der Waals surface area contributed by atoms with Gasteiger partial charge in [-0.05, 0) is 24.3 Å². The van der Waals surface area contributed by atoms with Crippen LogP contribution in [-0.4, -0.2) is 9.97 Å². The molecule has 0 fully saturated rings. The van der Waals surface area contributed by atoms with Crippen LogP contribution in [0.5, 0.6) is 0 Å². The van der Waals surface area contributed by atoms with Gasteiger partial charge in [-0.3, -0.25) is 14.7 Å². The number of H-pyrrole nitrogens is 1. The van der Waals surface area contributed by atoms with Gasteiger partial charge in [0, 0.05) is 17.4 Å². The summed E-state index contributed by atoms with van der Waals surface area (Å²) >= 11 is 0. The van der Waals surface area contributed by atoms with Gasteiger partial charge in [0.1, 0.15) is 0 Å². The lowest BCUT2D eigenvalue weighted by Gasteiger charge is -2.24. The molecule has 2 aromatic carbocycles. The highest BCUT2D eigenvalue weighted by atomic mass is 19.4. The summed E-state index contributed by atoms with van der Waals surface area (Å²) in [7, 11) is 0. The zero-order chi connectivity index (χ0) is 17.2. The van der Waals surface area contributed by atoms with Crippen molar-refractivity contribution >= 4 is 17.3 Å². The maximum absolute atomic E-state index is 13.0. The van der Waals surface area contributed by atoms with Crippen molar-refractivity contribution in [1.29, 1.82) is 0 Å². The Balaban J connectivity index is 2.21. The average molecular weight is 331 g/mol. The second-order valence-corrected chi connectivity index (χ2v) is 4.96. The topological polar surface area (TPSA) is 49.0 Å². The highest BCUT2D eigenvalue weighted by molar-refractivity contribution is 5.72. The number of aromatic amines is 1. The minimum atomic E-state index is -4.71. The van der Waals surface area contributed by atoms with Gasteiger partial charge in [-0.25, -0.2) is 4.98 Å². The third-order valence-electron chi connectivity index (χ3n) is 3.26. The van der Waals surface area contributed by atoms with Crippen LogP contribution < -0.4 is 10.5 Å². The van der Waals surface area contributed by atoms with Crippen molar-refractivity contribution in [3.05, 3.63) is 82.8 Å². The number of rotatable bonds is 3. The number of hydrogen-bond acceptors (Lipinski definition) is 3. The molecule has 0 atom stereocenters. The van der Waals surface area contributed by atoms with E-state index >= 15 is 0 Å². The van der Waals surface area contributed by atoms with Crippen LogP contribution in [0.3, 0.4) is 0 Å². The smallest absolute Gasteiger partial charge is 0.292 e. The quantitative estimate of drug-likeness (QED) is 0.780. The number of hydrogen-bond donors (Lipinski definition) is 1. The van der Waals surface area contributed by atoms with E-state index in [1.54, 1.807) is 60.7 Å². The number of alkyl halides is 3. The number of halogens is 3. The predicted octanol–water partition coefficient (Wildman–Crippen LogP) is 4.26. The molecule has 7 heteroatoms. The first-order valence-corrected chi connectivity index (χ1v) is 7.04. The zero-order valence-corrected chi connectivity index (χ0v) is 12.3. The first-order chi connectivity index (χ1) is 11.4. The summed E-state index contributed by atoms with van der Waals surface area (Å²) in [5.41, 5.74) is -0.959. The van der Waals surface area contributed by atoms with Crippen molar-refractivity contribution in [2.75, 3.05) is 4.90 Å². The molecule has 0 amide bonds. The molecule has 0 saturated carbocycles. The maximum atomic E-state index is 13.0. The molecule has 0 unspecified atom stereocenters. The molecular weight excluding hydrogens is 319 g/mol. The van der Waals surface area contributed by atoms with E-state index in [0.29, 0.717) is 17.4 Å². The number of aromatic nitrogens is 2. The zero-order valence-electron chi connectivity index (χ0n) is 12.3. The first-order valence-electron chi connectivity index (χ1n) is 7.04. The van der Waals surface area contributed by atoms with E-state index in [-0.39, 0.29) is 5.95 Å². The fourth-order valence-corrected chi connectivity index (χ4v) is 2.24. The van der Waals surface area contributed by atoms with Crippen molar-refractivity contribution < 1.29 is 13.2 Å². The molecule has 1 aromatic heterocycles. The molecular formula is C17H12F3N3O. The van der Waals surface area contributed by atoms with Crippen LogP contribution in [-0.2, 0) is 6.18 Å². The Bertz CT molecular complexity index is 837. The maximum Gasteiger partial charge on any atom is 0.433 e. The number of nitrogens with one attached hydrogen (secondary N) is 1. The van der Waals surface area contributed by atoms with Crippen molar-refractivity contribution in [2.45, 2.75) is 6.18 Å².